The van der Waals surface area contributed by atoms with Gasteiger partial charge in [-0.2, -0.15) is 0 Å². The predicted molar refractivity (Wildman–Crippen MR) is 69.8 cm³/mol. The van der Waals surface area contributed by atoms with Gasteiger partial charge < -0.3 is 9.72 Å². The first-order valence-corrected chi connectivity index (χ1v) is 5.95. The zero-order valence-electron chi connectivity index (χ0n) is 10.3. The van der Waals surface area contributed by atoms with Gasteiger partial charge >= 0.3 is 0 Å². The van der Waals surface area contributed by atoms with Crippen LogP contribution in [0.1, 0.15) is 5.56 Å². The summed E-state index contributed by atoms with van der Waals surface area (Å²) >= 11 is 0. The lowest BCUT2D eigenvalue weighted by molar-refractivity contribution is 0.263. The molecule has 0 aliphatic carbocycles. The number of H-pyrrole nitrogens is 1. The molecule has 0 aliphatic heterocycles. The lowest BCUT2D eigenvalue weighted by Gasteiger charge is -2.04. The molecule has 1 N–H and O–H groups in total. The number of hydrogen-bond acceptors (Lipinski definition) is 2. The minimum absolute atomic E-state index is 0.0495. The predicted octanol–water partition coefficient (Wildman–Crippen LogP) is 3.51. The highest BCUT2D eigenvalue weighted by Crippen LogP contribution is 2.29. The maximum Gasteiger partial charge on any atom is 0.165 e. The van der Waals surface area contributed by atoms with E-state index in [4.69, 9.17) is 4.74 Å². The maximum absolute atomic E-state index is 13.8. The number of alkyl halides is 1. The van der Waals surface area contributed by atoms with Crippen LogP contribution in [-0.4, -0.2) is 23.2 Å². The van der Waals surface area contributed by atoms with Crippen LogP contribution >= 0.6 is 0 Å². The summed E-state index contributed by atoms with van der Waals surface area (Å²) in [5.74, 6) is -0.461. The SMILES string of the molecule is Cc1cnc2c(c1)[nH]c1cc(OCCF)c(F)cc12. The van der Waals surface area contributed by atoms with Crippen molar-refractivity contribution in [3.63, 3.8) is 0 Å². The van der Waals surface area contributed by atoms with E-state index in [1.807, 2.05) is 13.0 Å². The van der Waals surface area contributed by atoms with Crippen molar-refractivity contribution < 1.29 is 13.5 Å². The minimum atomic E-state index is -0.648. The number of hydrogen-bond donors (Lipinski definition) is 1. The summed E-state index contributed by atoms with van der Waals surface area (Å²) in [7, 11) is 0. The average Bonchev–Trinajstić information content (AvgIpc) is 2.72. The Kier molecular flexibility index (Phi) is 2.81. The van der Waals surface area contributed by atoms with E-state index in [9.17, 15) is 8.78 Å². The van der Waals surface area contributed by atoms with Crippen LogP contribution in [0.25, 0.3) is 21.9 Å². The second kappa shape index (κ2) is 4.50. The summed E-state index contributed by atoms with van der Waals surface area (Å²) < 4.78 is 30.9. The molecule has 0 spiro atoms. The number of ether oxygens (including phenoxy) is 1. The van der Waals surface area contributed by atoms with Crippen LogP contribution in [0, 0.1) is 12.7 Å². The van der Waals surface area contributed by atoms with Crippen molar-refractivity contribution in [1.29, 1.82) is 0 Å². The molecule has 3 aromatic rings. The van der Waals surface area contributed by atoms with E-state index in [2.05, 4.69) is 9.97 Å². The first-order chi connectivity index (χ1) is 9.19. The van der Waals surface area contributed by atoms with E-state index >= 15 is 0 Å². The van der Waals surface area contributed by atoms with E-state index in [-0.39, 0.29) is 12.4 Å². The fourth-order valence-electron chi connectivity index (χ4n) is 2.14. The highest BCUT2D eigenvalue weighted by Gasteiger charge is 2.11. The first kappa shape index (κ1) is 11.9. The van der Waals surface area contributed by atoms with E-state index in [0.717, 1.165) is 22.1 Å². The summed E-state index contributed by atoms with van der Waals surface area (Å²) in [6, 6.07) is 4.85. The van der Waals surface area contributed by atoms with Gasteiger partial charge in [-0.3, -0.25) is 4.98 Å². The molecule has 1 aromatic carbocycles. The van der Waals surface area contributed by atoms with Crippen molar-refractivity contribution in [1.82, 2.24) is 9.97 Å². The van der Waals surface area contributed by atoms with Crippen LogP contribution < -0.4 is 4.74 Å². The zero-order valence-corrected chi connectivity index (χ0v) is 10.3. The van der Waals surface area contributed by atoms with Crippen LogP contribution in [0.4, 0.5) is 8.78 Å². The molecular formula is C14H12F2N2O. The third-order valence-corrected chi connectivity index (χ3v) is 2.96. The monoisotopic (exact) mass is 262 g/mol. The summed E-state index contributed by atoms with van der Waals surface area (Å²) in [6.07, 6.45) is 1.74. The Morgan fingerprint density at radius 1 is 1.26 bits per heavy atom. The van der Waals surface area contributed by atoms with Crippen molar-refractivity contribution in [2.24, 2.45) is 0 Å². The zero-order chi connectivity index (χ0) is 13.4. The van der Waals surface area contributed by atoms with E-state index in [0.29, 0.717) is 5.39 Å². The lowest BCUT2D eigenvalue weighted by Crippen LogP contribution is -2.00. The Morgan fingerprint density at radius 3 is 2.89 bits per heavy atom. The molecular weight excluding hydrogens is 250 g/mol. The second-order valence-corrected chi connectivity index (χ2v) is 4.40. The van der Waals surface area contributed by atoms with Gasteiger partial charge in [-0.15, -0.1) is 0 Å². The Hall–Kier alpha value is -2.17. The fourth-order valence-corrected chi connectivity index (χ4v) is 2.14. The van der Waals surface area contributed by atoms with Gasteiger partial charge in [0.25, 0.3) is 0 Å². The average molecular weight is 262 g/mol. The van der Waals surface area contributed by atoms with Crippen molar-refractivity contribution in [3.8, 4) is 5.75 Å². The molecule has 0 amide bonds. The first-order valence-electron chi connectivity index (χ1n) is 5.95. The number of aromatic amines is 1. The van der Waals surface area contributed by atoms with Gasteiger partial charge in [0, 0.05) is 17.6 Å². The minimum Gasteiger partial charge on any atom is -0.488 e. The Balaban J connectivity index is 2.20. The molecule has 2 heterocycles. The molecule has 0 radical (unpaired) electrons. The lowest BCUT2D eigenvalue weighted by atomic mass is 10.2. The third-order valence-electron chi connectivity index (χ3n) is 2.96. The van der Waals surface area contributed by atoms with Gasteiger partial charge in [0.05, 0.1) is 16.6 Å². The van der Waals surface area contributed by atoms with Crippen molar-refractivity contribution in [3.05, 3.63) is 35.8 Å². The molecule has 3 nitrogen and oxygen atoms in total. The third kappa shape index (κ3) is 2.01. The highest BCUT2D eigenvalue weighted by atomic mass is 19.1. The van der Waals surface area contributed by atoms with Gasteiger partial charge in [-0.05, 0) is 24.6 Å². The van der Waals surface area contributed by atoms with E-state index in [1.54, 1.807) is 6.20 Å². The van der Waals surface area contributed by atoms with Crippen molar-refractivity contribution in [2.75, 3.05) is 13.3 Å². The maximum atomic E-state index is 13.8. The number of nitrogens with one attached hydrogen (secondary N) is 1. The molecule has 0 aliphatic rings. The van der Waals surface area contributed by atoms with Gasteiger partial charge in [0.2, 0.25) is 0 Å². The van der Waals surface area contributed by atoms with Crippen LogP contribution in [0.5, 0.6) is 5.75 Å². The molecule has 19 heavy (non-hydrogen) atoms. The van der Waals surface area contributed by atoms with Crippen LogP contribution in [0.2, 0.25) is 0 Å². The van der Waals surface area contributed by atoms with Gasteiger partial charge in [-0.1, -0.05) is 0 Å². The number of fused-ring (bicyclic) bond motifs is 3. The number of pyridine rings is 1. The molecule has 0 saturated heterocycles. The number of aryl methyl sites for hydroxylation is 1. The summed E-state index contributed by atoms with van der Waals surface area (Å²) in [6.45, 7) is 1.14. The normalized spacial score (nSPS) is 11.3. The van der Waals surface area contributed by atoms with Crippen LogP contribution in [-0.2, 0) is 0 Å². The molecule has 3 rings (SSSR count). The Labute approximate surface area is 108 Å². The number of rotatable bonds is 3. The van der Waals surface area contributed by atoms with Gasteiger partial charge in [0.15, 0.2) is 11.6 Å². The largest absolute Gasteiger partial charge is 0.488 e. The van der Waals surface area contributed by atoms with E-state index < -0.39 is 12.5 Å². The second-order valence-electron chi connectivity index (χ2n) is 4.40. The summed E-state index contributed by atoms with van der Waals surface area (Å²) in [5.41, 5.74) is 3.31. The van der Waals surface area contributed by atoms with Gasteiger partial charge in [-0.25, -0.2) is 8.78 Å². The number of aromatic nitrogens is 2. The quantitative estimate of drug-likeness (QED) is 0.784. The number of nitrogens with zero attached hydrogens (tertiary/aromatic N) is 1. The number of halogens is 2. The number of benzene rings is 1. The Bertz CT molecular complexity index is 752. The Morgan fingerprint density at radius 2 is 2.11 bits per heavy atom. The van der Waals surface area contributed by atoms with Crippen molar-refractivity contribution >= 4 is 21.9 Å². The van der Waals surface area contributed by atoms with Crippen LogP contribution in [0.15, 0.2) is 24.4 Å². The van der Waals surface area contributed by atoms with E-state index in [1.165, 1.54) is 12.1 Å². The standard InChI is InChI=1S/C14H12F2N2O/c1-8-4-12-14(17-7-8)9-5-10(16)13(19-3-2-15)6-11(9)18-12/h4-7,18H,2-3H2,1H3. The molecule has 2 aromatic heterocycles. The van der Waals surface area contributed by atoms with Gasteiger partial charge in [0.1, 0.15) is 13.3 Å². The summed E-state index contributed by atoms with van der Waals surface area (Å²) in [4.78, 5) is 7.46. The fraction of sp³-hybridized carbons (Fsp3) is 0.214. The molecule has 5 heteroatoms. The van der Waals surface area contributed by atoms with Crippen LogP contribution in [0.3, 0.4) is 0 Å². The molecule has 0 unspecified atom stereocenters. The molecule has 0 bridgehead atoms. The molecule has 0 atom stereocenters. The smallest absolute Gasteiger partial charge is 0.165 e. The molecule has 0 saturated carbocycles. The topological polar surface area (TPSA) is 37.9 Å². The molecule has 98 valence electrons. The molecule has 0 fully saturated rings. The highest BCUT2D eigenvalue weighted by molar-refractivity contribution is 6.05. The van der Waals surface area contributed by atoms with Crippen molar-refractivity contribution in [2.45, 2.75) is 6.92 Å². The summed E-state index contributed by atoms with van der Waals surface area (Å²) in [5, 5.41) is 0.695.